The predicted molar refractivity (Wildman–Crippen MR) is 81.2 cm³/mol. The van der Waals surface area contributed by atoms with Crippen molar-refractivity contribution in [3.8, 4) is 5.75 Å². The monoisotopic (exact) mass is 274 g/mol. The summed E-state index contributed by atoms with van der Waals surface area (Å²) in [5, 5.41) is 10.2. The Morgan fingerprint density at radius 2 is 1.60 bits per heavy atom. The molecule has 0 aromatic heterocycles. The van der Waals surface area contributed by atoms with Crippen LogP contribution in [0.2, 0.25) is 0 Å². The highest BCUT2D eigenvalue weighted by Gasteiger charge is 2.22. The van der Waals surface area contributed by atoms with Crippen molar-refractivity contribution in [2.45, 2.75) is 76.4 Å². The first-order chi connectivity index (χ1) is 9.83. The number of hydrogen-bond acceptors (Lipinski definition) is 2. The molecule has 20 heavy (non-hydrogen) atoms. The molecular weight excluding hydrogens is 248 g/mol. The van der Waals surface area contributed by atoms with E-state index in [1.54, 1.807) is 0 Å². The number of aliphatic hydroxyl groups is 1. The molecule has 2 heteroatoms. The maximum Gasteiger partial charge on any atom is 0.124 e. The van der Waals surface area contributed by atoms with E-state index in [1.807, 2.05) is 0 Å². The van der Waals surface area contributed by atoms with Gasteiger partial charge in [0.05, 0.1) is 6.10 Å². The topological polar surface area (TPSA) is 29.5 Å². The van der Waals surface area contributed by atoms with Crippen molar-refractivity contribution in [2.75, 3.05) is 0 Å². The molecule has 0 aliphatic heterocycles. The van der Waals surface area contributed by atoms with E-state index in [0.29, 0.717) is 0 Å². The number of aliphatic hydroxyl groups excluding tert-OH is 1. The number of aryl methyl sites for hydroxylation is 2. The van der Waals surface area contributed by atoms with Crippen molar-refractivity contribution in [3.63, 3.8) is 0 Å². The molecule has 1 aromatic carbocycles. The van der Waals surface area contributed by atoms with E-state index in [9.17, 15) is 5.11 Å². The van der Waals surface area contributed by atoms with Crippen LogP contribution in [0.1, 0.15) is 62.5 Å². The Hall–Kier alpha value is -1.02. The van der Waals surface area contributed by atoms with E-state index >= 15 is 0 Å². The van der Waals surface area contributed by atoms with Crippen LogP contribution in [0.25, 0.3) is 0 Å². The van der Waals surface area contributed by atoms with Crippen molar-refractivity contribution in [1.29, 1.82) is 0 Å². The van der Waals surface area contributed by atoms with Crippen LogP contribution in [-0.2, 0) is 12.8 Å². The van der Waals surface area contributed by atoms with Crippen LogP contribution in [0.3, 0.4) is 0 Å². The molecule has 0 bridgehead atoms. The molecule has 2 unspecified atom stereocenters. The number of fused-ring (bicyclic) bond motifs is 1. The van der Waals surface area contributed by atoms with Crippen molar-refractivity contribution >= 4 is 0 Å². The molecule has 0 saturated heterocycles. The van der Waals surface area contributed by atoms with E-state index in [1.165, 1.54) is 56.1 Å². The molecule has 1 saturated carbocycles. The molecule has 1 fully saturated rings. The summed E-state index contributed by atoms with van der Waals surface area (Å²) in [7, 11) is 0. The zero-order chi connectivity index (χ0) is 13.8. The molecular formula is C18H26O2. The number of ether oxygens (including phenoxy) is 1. The van der Waals surface area contributed by atoms with Gasteiger partial charge in [0.25, 0.3) is 0 Å². The van der Waals surface area contributed by atoms with Crippen LogP contribution in [-0.4, -0.2) is 17.3 Å². The highest BCUT2D eigenvalue weighted by molar-refractivity contribution is 5.37. The van der Waals surface area contributed by atoms with Crippen LogP contribution >= 0.6 is 0 Å². The Labute approximate surface area is 122 Å². The SMILES string of the molecule is OC1CCCCCCC1Oc1ccc2c(c1)CCCC2. The van der Waals surface area contributed by atoms with Crippen LogP contribution in [0, 0.1) is 0 Å². The summed E-state index contributed by atoms with van der Waals surface area (Å²) in [5.74, 6) is 0.954. The number of benzene rings is 1. The van der Waals surface area contributed by atoms with Crippen LogP contribution in [0.5, 0.6) is 5.75 Å². The van der Waals surface area contributed by atoms with Crippen LogP contribution in [0.4, 0.5) is 0 Å². The smallest absolute Gasteiger partial charge is 0.124 e. The molecule has 0 spiro atoms. The van der Waals surface area contributed by atoms with Gasteiger partial charge in [-0.3, -0.25) is 0 Å². The first-order valence-electron chi connectivity index (χ1n) is 8.29. The zero-order valence-electron chi connectivity index (χ0n) is 12.3. The largest absolute Gasteiger partial charge is 0.488 e. The molecule has 2 aliphatic carbocycles. The molecule has 2 nitrogen and oxygen atoms in total. The lowest BCUT2D eigenvalue weighted by atomic mass is 9.91. The minimum absolute atomic E-state index is 0.0167. The van der Waals surface area contributed by atoms with Gasteiger partial charge in [0.15, 0.2) is 0 Å². The van der Waals surface area contributed by atoms with Crippen LogP contribution < -0.4 is 4.74 Å². The fourth-order valence-electron chi connectivity index (χ4n) is 3.53. The summed E-state index contributed by atoms with van der Waals surface area (Å²) in [6.45, 7) is 0. The van der Waals surface area contributed by atoms with Crippen molar-refractivity contribution in [3.05, 3.63) is 29.3 Å². The molecule has 110 valence electrons. The Kier molecular flexibility index (Phi) is 4.62. The van der Waals surface area contributed by atoms with Crippen molar-refractivity contribution < 1.29 is 9.84 Å². The fraction of sp³-hybridized carbons (Fsp3) is 0.667. The normalized spacial score (nSPS) is 27.2. The lowest BCUT2D eigenvalue weighted by Gasteiger charge is -2.27. The van der Waals surface area contributed by atoms with E-state index < -0.39 is 0 Å². The average Bonchev–Trinajstić information content (AvgIpc) is 2.47. The van der Waals surface area contributed by atoms with Gasteiger partial charge in [-0.1, -0.05) is 25.3 Å². The summed E-state index contributed by atoms with van der Waals surface area (Å²) in [4.78, 5) is 0. The summed E-state index contributed by atoms with van der Waals surface area (Å²) in [6.07, 6.45) is 11.4. The summed E-state index contributed by atoms with van der Waals surface area (Å²) < 4.78 is 6.12. The molecule has 0 radical (unpaired) electrons. The van der Waals surface area contributed by atoms with Gasteiger partial charge in [0.1, 0.15) is 11.9 Å². The maximum absolute atomic E-state index is 10.2. The lowest BCUT2D eigenvalue weighted by Crippen LogP contribution is -2.32. The third kappa shape index (κ3) is 3.35. The molecule has 1 aromatic rings. The lowest BCUT2D eigenvalue weighted by molar-refractivity contribution is 0.0187. The Morgan fingerprint density at radius 1 is 0.850 bits per heavy atom. The number of rotatable bonds is 2. The molecule has 0 amide bonds. The first-order valence-corrected chi connectivity index (χ1v) is 8.29. The van der Waals surface area contributed by atoms with Gasteiger partial charge in [-0.15, -0.1) is 0 Å². The second-order valence-corrected chi connectivity index (χ2v) is 6.35. The third-order valence-electron chi connectivity index (χ3n) is 4.78. The van der Waals surface area contributed by atoms with E-state index in [-0.39, 0.29) is 12.2 Å². The predicted octanol–water partition coefficient (Wildman–Crippen LogP) is 4.03. The third-order valence-corrected chi connectivity index (χ3v) is 4.78. The minimum atomic E-state index is -0.300. The summed E-state index contributed by atoms with van der Waals surface area (Å²) >= 11 is 0. The van der Waals surface area contributed by atoms with E-state index in [0.717, 1.165) is 25.0 Å². The van der Waals surface area contributed by atoms with Gasteiger partial charge in [-0.05, 0) is 68.2 Å². The number of hydrogen-bond donors (Lipinski definition) is 1. The quantitative estimate of drug-likeness (QED) is 0.882. The van der Waals surface area contributed by atoms with Gasteiger partial charge in [0.2, 0.25) is 0 Å². The summed E-state index contributed by atoms with van der Waals surface area (Å²) in [5.41, 5.74) is 2.94. The molecule has 2 aliphatic rings. The second kappa shape index (κ2) is 6.62. The maximum atomic E-state index is 10.2. The average molecular weight is 274 g/mol. The zero-order valence-corrected chi connectivity index (χ0v) is 12.3. The Bertz CT molecular complexity index is 441. The molecule has 0 heterocycles. The van der Waals surface area contributed by atoms with E-state index in [2.05, 4.69) is 18.2 Å². The molecule has 2 atom stereocenters. The minimum Gasteiger partial charge on any atom is -0.488 e. The van der Waals surface area contributed by atoms with Gasteiger partial charge in [-0.2, -0.15) is 0 Å². The van der Waals surface area contributed by atoms with Gasteiger partial charge < -0.3 is 9.84 Å². The highest BCUT2D eigenvalue weighted by Crippen LogP contribution is 2.28. The second-order valence-electron chi connectivity index (χ2n) is 6.35. The van der Waals surface area contributed by atoms with E-state index in [4.69, 9.17) is 4.74 Å². The Balaban J connectivity index is 1.69. The van der Waals surface area contributed by atoms with Crippen molar-refractivity contribution in [1.82, 2.24) is 0 Å². The van der Waals surface area contributed by atoms with Crippen molar-refractivity contribution in [2.24, 2.45) is 0 Å². The first kappa shape index (κ1) is 13.9. The van der Waals surface area contributed by atoms with Gasteiger partial charge in [0, 0.05) is 0 Å². The molecule has 1 N–H and O–H groups in total. The summed E-state index contributed by atoms with van der Waals surface area (Å²) in [6, 6.07) is 6.52. The van der Waals surface area contributed by atoms with Gasteiger partial charge in [-0.25, -0.2) is 0 Å². The van der Waals surface area contributed by atoms with Crippen LogP contribution in [0.15, 0.2) is 18.2 Å². The Morgan fingerprint density at radius 3 is 2.45 bits per heavy atom. The standard InChI is InChI=1S/C18H26O2/c19-17-9-3-1-2-4-10-18(17)20-16-12-11-14-7-5-6-8-15(14)13-16/h11-13,17-19H,1-10H2. The molecule has 3 rings (SSSR count). The highest BCUT2D eigenvalue weighted by atomic mass is 16.5. The fourth-order valence-corrected chi connectivity index (χ4v) is 3.53. The van der Waals surface area contributed by atoms with Gasteiger partial charge >= 0.3 is 0 Å².